The van der Waals surface area contributed by atoms with Crippen molar-refractivity contribution in [2.45, 2.75) is 38.6 Å². The van der Waals surface area contributed by atoms with Crippen molar-refractivity contribution in [1.82, 2.24) is 4.31 Å². The zero-order valence-corrected chi connectivity index (χ0v) is 13.3. The highest BCUT2D eigenvalue weighted by Gasteiger charge is 2.34. The zero-order chi connectivity index (χ0) is 15.5. The second-order valence-electron chi connectivity index (χ2n) is 5.45. The molecule has 0 heterocycles. The minimum Gasteiger partial charge on any atom is -0.326 e. The Morgan fingerprint density at radius 3 is 2.38 bits per heavy atom. The van der Waals surface area contributed by atoms with Crippen LogP contribution in [0.15, 0.2) is 24.3 Å². The first-order valence-electron chi connectivity index (χ1n) is 7.25. The van der Waals surface area contributed by atoms with E-state index in [1.54, 1.807) is 0 Å². The summed E-state index contributed by atoms with van der Waals surface area (Å²) in [5, 5.41) is 2.80. The van der Waals surface area contributed by atoms with Crippen molar-refractivity contribution < 1.29 is 13.2 Å². The molecule has 0 atom stereocenters. The Bertz CT molecular complexity index is 592. The van der Waals surface area contributed by atoms with Gasteiger partial charge in [0, 0.05) is 24.7 Å². The maximum atomic E-state index is 11.9. The predicted molar refractivity (Wildman–Crippen MR) is 83.6 cm³/mol. The van der Waals surface area contributed by atoms with Gasteiger partial charge in [0.25, 0.3) is 0 Å². The van der Waals surface area contributed by atoms with Crippen molar-refractivity contribution in [3.63, 3.8) is 0 Å². The van der Waals surface area contributed by atoms with Gasteiger partial charge in [-0.2, -0.15) is 4.31 Å². The van der Waals surface area contributed by atoms with Crippen molar-refractivity contribution in [2.75, 3.05) is 18.1 Å². The summed E-state index contributed by atoms with van der Waals surface area (Å²) in [5.74, 6) is -0.159. The molecule has 1 saturated carbocycles. The zero-order valence-electron chi connectivity index (χ0n) is 12.5. The van der Waals surface area contributed by atoms with E-state index < -0.39 is 10.0 Å². The van der Waals surface area contributed by atoms with Crippen LogP contribution in [0, 0.1) is 0 Å². The minimum absolute atomic E-state index is 0.0941. The van der Waals surface area contributed by atoms with Gasteiger partial charge in [-0.3, -0.25) is 4.79 Å². The summed E-state index contributed by atoms with van der Waals surface area (Å²) in [4.78, 5) is 11.9. The molecular weight excluding hydrogens is 288 g/mol. The van der Waals surface area contributed by atoms with Crippen LogP contribution in [0.3, 0.4) is 0 Å². The molecule has 0 aromatic heterocycles. The van der Waals surface area contributed by atoms with E-state index in [1.165, 1.54) is 16.1 Å². The highest BCUT2D eigenvalue weighted by molar-refractivity contribution is 7.88. The highest BCUT2D eigenvalue weighted by Crippen LogP contribution is 2.28. The van der Waals surface area contributed by atoms with Gasteiger partial charge >= 0.3 is 0 Å². The maximum absolute atomic E-state index is 11.9. The second kappa shape index (κ2) is 6.58. The average Bonchev–Trinajstić information content (AvgIpc) is 3.23. The molecule has 116 valence electrons. The van der Waals surface area contributed by atoms with Crippen molar-refractivity contribution >= 4 is 21.6 Å². The quantitative estimate of drug-likeness (QED) is 0.837. The van der Waals surface area contributed by atoms with Gasteiger partial charge in [0.1, 0.15) is 0 Å². The molecule has 0 aliphatic heterocycles. The van der Waals surface area contributed by atoms with Gasteiger partial charge in [0.05, 0.1) is 6.26 Å². The Kier molecular flexibility index (Phi) is 5.00. The van der Waals surface area contributed by atoms with E-state index in [4.69, 9.17) is 0 Å². The molecule has 2 rings (SSSR count). The molecule has 0 saturated heterocycles. The number of nitrogens with zero attached hydrogens (tertiary/aromatic N) is 1. The second-order valence-corrected chi connectivity index (χ2v) is 7.39. The summed E-state index contributed by atoms with van der Waals surface area (Å²) < 4.78 is 24.7. The first kappa shape index (κ1) is 16.0. The van der Waals surface area contributed by atoms with Crippen LogP contribution in [0.5, 0.6) is 0 Å². The fraction of sp³-hybridized carbons (Fsp3) is 0.533. The molecule has 6 heteroatoms. The maximum Gasteiger partial charge on any atom is 0.225 e. The van der Waals surface area contributed by atoms with Crippen LogP contribution >= 0.6 is 0 Å². The van der Waals surface area contributed by atoms with Gasteiger partial charge in [-0.15, -0.1) is 0 Å². The lowest BCUT2D eigenvalue weighted by atomic mass is 10.1. The lowest BCUT2D eigenvalue weighted by molar-refractivity contribution is -0.116. The van der Waals surface area contributed by atoms with Crippen LogP contribution in [-0.2, 0) is 21.2 Å². The number of hydrogen-bond donors (Lipinski definition) is 1. The molecule has 1 aliphatic carbocycles. The van der Waals surface area contributed by atoms with Crippen LogP contribution in [0.4, 0.5) is 5.69 Å². The fourth-order valence-electron chi connectivity index (χ4n) is 2.24. The van der Waals surface area contributed by atoms with E-state index >= 15 is 0 Å². The van der Waals surface area contributed by atoms with Crippen LogP contribution in [0.25, 0.3) is 0 Å². The summed E-state index contributed by atoms with van der Waals surface area (Å²) in [6.07, 6.45) is 4.13. The number of hydrogen-bond acceptors (Lipinski definition) is 3. The van der Waals surface area contributed by atoms with Gasteiger partial charge < -0.3 is 5.32 Å². The van der Waals surface area contributed by atoms with E-state index in [-0.39, 0.29) is 24.9 Å². The minimum atomic E-state index is -3.23. The Balaban J connectivity index is 1.86. The summed E-state index contributed by atoms with van der Waals surface area (Å²) in [6.45, 7) is 2.33. The predicted octanol–water partition coefficient (Wildman–Crippen LogP) is 2.00. The Morgan fingerprint density at radius 2 is 1.90 bits per heavy atom. The SMILES string of the molecule is CCc1ccc(NC(=O)CCN(C2CC2)S(C)(=O)=O)cc1. The first-order valence-corrected chi connectivity index (χ1v) is 9.10. The molecule has 0 unspecified atom stereocenters. The molecule has 1 amide bonds. The molecule has 1 aromatic carbocycles. The molecule has 5 nitrogen and oxygen atoms in total. The van der Waals surface area contributed by atoms with Gasteiger partial charge in [-0.1, -0.05) is 19.1 Å². The Morgan fingerprint density at radius 1 is 1.29 bits per heavy atom. The number of aryl methyl sites for hydroxylation is 1. The normalized spacial score (nSPS) is 15.2. The van der Waals surface area contributed by atoms with Crippen LogP contribution in [0.2, 0.25) is 0 Å². The van der Waals surface area contributed by atoms with Crippen LogP contribution in [0.1, 0.15) is 31.7 Å². The van der Waals surface area contributed by atoms with E-state index in [0.29, 0.717) is 0 Å². The van der Waals surface area contributed by atoms with Crippen molar-refractivity contribution in [2.24, 2.45) is 0 Å². The number of nitrogens with one attached hydrogen (secondary N) is 1. The van der Waals surface area contributed by atoms with Gasteiger partial charge in [-0.05, 0) is 37.0 Å². The van der Waals surface area contributed by atoms with Crippen LogP contribution in [-0.4, -0.2) is 37.5 Å². The highest BCUT2D eigenvalue weighted by atomic mass is 32.2. The van der Waals surface area contributed by atoms with Crippen molar-refractivity contribution in [1.29, 1.82) is 0 Å². The number of carbonyl (C=O) groups is 1. The summed E-state index contributed by atoms with van der Waals surface area (Å²) in [5.41, 5.74) is 1.96. The molecule has 21 heavy (non-hydrogen) atoms. The molecule has 1 fully saturated rings. The number of carbonyl (C=O) groups excluding carboxylic acids is 1. The largest absolute Gasteiger partial charge is 0.326 e. The fourth-order valence-corrected chi connectivity index (χ4v) is 3.42. The number of benzene rings is 1. The van der Waals surface area contributed by atoms with Gasteiger partial charge in [0.15, 0.2) is 0 Å². The lowest BCUT2D eigenvalue weighted by Crippen LogP contribution is -2.34. The standard InChI is InChI=1S/C15H22N2O3S/c1-3-12-4-6-13(7-5-12)16-15(18)10-11-17(14-8-9-14)21(2,19)20/h4-7,14H,3,8-11H2,1-2H3,(H,16,18). The molecule has 0 bridgehead atoms. The van der Waals surface area contributed by atoms with E-state index in [9.17, 15) is 13.2 Å². The summed E-state index contributed by atoms with van der Waals surface area (Å²) in [6, 6.07) is 7.78. The van der Waals surface area contributed by atoms with Gasteiger partial charge in [-0.25, -0.2) is 8.42 Å². The molecule has 1 aromatic rings. The summed E-state index contributed by atoms with van der Waals surface area (Å²) >= 11 is 0. The number of anilines is 1. The Hall–Kier alpha value is -1.40. The average molecular weight is 310 g/mol. The van der Waals surface area contributed by atoms with Crippen molar-refractivity contribution in [3.8, 4) is 0 Å². The summed E-state index contributed by atoms with van der Waals surface area (Å²) in [7, 11) is -3.23. The van der Waals surface area contributed by atoms with Gasteiger partial charge in [0.2, 0.25) is 15.9 Å². The Labute approximate surface area is 126 Å². The van der Waals surface area contributed by atoms with E-state index in [0.717, 1.165) is 24.9 Å². The molecular formula is C15H22N2O3S. The molecule has 1 aliphatic rings. The third-order valence-electron chi connectivity index (χ3n) is 3.59. The topological polar surface area (TPSA) is 66.5 Å². The van der Waals surface area contributed by atoms with E-state index in [2.05, 4.69) is 12.2 Å². The van der Waals surface area contributed by atoms with Crippen LogP contribution < -0.4 is 5.32 Å². The first-order chi connectivity index (χ1) is 9.90. The monoisotopic (exact) mass is 310 g/mol. The molecule has 1 N–H and O–H groups in total. The number of sulfonamides is 1. The smallest absolute Gasteiger partial charge is 0.225 e. The van der Waals surface area contributed by atoms with Crippen molar-refractivity contribution in [3.05, 3.63) is 29.8 Å². The third-order valence-corrected chi connectivity index (χ3v) is 4.92. The molecule has 0 radical (unpaired) electrons. The van der Waals surface area contributed by atoms with E-state index in [1.807, 2.05) is 24.3 Å². The lowest BCUT2D eigenvalue weighted by Gasteiger charge is -2.18. The molecule has 0 spiro atoms. The number of rotatable bonds is 7. The number of amides is 1. The third kappa shape index (κ3) is 4.82.